The summed E-state index contributed by atoms with van der Waals surface area (Å²) in [6, 6.07) is 11.8. The summed E-state index contributed by atoms with van der Waals surface area (Å²) in [5.41, 5.74) is 6.78. The predicted octanol–water partition coefficient (Wildman–Crippen LogP) is 4.33. The number of amides is 1. The maximum absolute atomic E-state index is 11.7. The Balaban J connectivity index is 2.20. The second-order valence-electron chi connectivity index (χ2n) is 5.70. The zero-order valence-electron chi connectivity index (χ0n) is 12.6. The lowest BCUT2D eigenvalue weighted by atomic mass is 10.0. The van der Waals surface area contributed by atoms with Gasteiger partial charge in [0, 0.05) is 5.39 Å². The van der Waals surface area contributed by atoms with Crippen LogP contribution in [-0.2, 0) is 4.74 Å². The van der Waals surface area contributed by atoms with Gasteiger partial charge in [-0.05, 0) is 37.8 Å². The van der Waals surface area contributed by atoms with E-state index >= 15 is 0 Å². The van der Waals surface area contributed by atoms with Gasteiger partial charge in [0.1, 0.15) is 5.60 Å². The Morgan fingerprint density at radius 2 is 1.81 bits per heavy atom. The van der Waals surface area contributed by atoms with Gasteiger partial charge >= 0.3 is 6.09 Å². The molecule has 0 spiro atoms. The van der Waals surface area contributed by atoms with Crippen molar-refractivity contribution in [2.24, 2.45) is 0 Å². The highest BCUT2D eigenvalue weighted by molar-refractivity contribution is 5.99. The molecule has 2 rings (SSSR count). The minimum absolute atomic E-state index is 0.514. The van der Waals surface area contributed by atoms with Crippen LogP contribution in [0.15, 0.2) is 43.0 Å². The maximum atomic E-state index is 11.7. The van der Waals surface area contributed by atoms with E-state index in [-0.39, 0.29) is 0 Å². The molecule has 0 aliphatic heterocycles. The van der Waals surface area contributed by atoms with Crippen LogP contribution >= 0.6 is 0 Å². The molecule has 110 valence electrons. The standard InChI is InChI=1S/C17H20N2O2/c1-5-12-10-11-15(14-9-7-6-8-13(12)14)18-19-16(20)21-17(2,3)4/h5-11,18H,1H2,2-4H3,(H,19,20). The van der Waals surface area contributed by atoms with Gasteiger partial charge in [0.2, 0.25) is 0 Å². The van der Waals surface area contributed by atoms with Crippen molar-refractivity contribution in [3.8, 4) is 0 Å². The number of benzene rings is 2. The first-order valence-corrected chi connectivity index (χ1v) is 6.80. The highest BCUT2D eigenvalue weighted by Gasteiger charge is 2.16. The Hall–Kier alpha value is -2.49. The van der Waals surface area contributed by atoms with E-state index < -0.39 is 11.7 Å². The lowest BCUT2D eigenvalue weighted by Gasteiger charge is -2.20. The van der Waals surface area contributed by atoms with Gasteiger partial charge in [-0.3, -0.25) is 5.43 Å². The van der Waals surface area contributed by atoms with Crippen molar-refractivity contribution in [2.45, 2.75) is 26.4 Å². The van der Waals surface area contributed by atoms with Crippen molar-refractivity contribution >= 4 is 28.6 Å². The van der Waals surface area contributed by atoms with Crippen LogP contribution in [0.3, 0.4) is 0 Å². The molecule has 0 unspecified atom stereocenters. The van der Waals surface area contributed by atoms with Crippen LogP contribution in [0.1, 0.15) is 26.3 Å². The quantitative estimate of drug-likeness (QED) is 0.825. The third-order valence-corrected chi connectivity index (χ3v) is 2.88. The van der Waals surface area contributed by atoms with Crippen LogP contribution in [0.2, 0.25) is 0 Å². The van der Waals surface area contributed by atoms with Crippen molar-refractivity contribution < 1.29 is 9.53 Å². The van der Waals surface area contributed by atoms with Crippen LogP contribution in [0.25, 0.3) is 16.8 Å². The van der Waals surface area contributed by atoms with E-state index in [0.717, 1.165) is 22.0 Å². The van der Waals surface area contributed by atoms with E-state index in [1.807, 2.05) is 63.2 Å². The summed E-state index contributed by atoms with van der Waals surface area (Å²) in [6.07, 6.45) is 1.30. The highest BCUT2D eigenvalue weighted by Crippen LogP contribution is 2.26. The third-order valence-electron chi connectivity index (χ3n) is 2.88. The fourth-order valence-corrected chi connectivity index (χ4v) is 2.03. The molecule has 0 radical (unpaired) electrons. The number of hydrogen-bond donors (Lipinski definition) is 2. The van der Waals surface area contributed by atoms with E-state index in [1.165, 1.54) is 0 Å². The van der Waals surface area contributed by atoms with E-state index in [9.17, 15) is 4.79 Å². The van der Waals surface area contributed by atoms with Crippen LogP contribution in [0.5, 0.6) is 0 Å². The molecule has 0 bridgehead atoms. The Morgan fingerprint density at radius 3 is 2.43 bits per heavy atom. The second-order valence-corrected chi connectivity index (χ2v) is 5.70. The minimum Gasteiger partial charge on any atom is -0.443 e. The number of carbonyl (C=O) groups excluding carboxylic acids is 1. The summed E-state index contributed by atoms with van der Waals surface area (Å²) in [7, 11) is 0. The van der Waals surface area contributed by atoms with Crippen LogP contribution in [0.4, 0.5) is 10.5 Å². The number of nitrogens with one attached hydrogen (secondary N) is 2. The summed E-state index contributed by atoms with van der Waals surface area (Å²) in [4.78, 5) is 11.7. The van der Waals surface area contributed by atoms with Crippen molar-refractivity contribution in [1.29, 1.82) is 0 Å². The number of hydrazine groups is 1. The second kappa shape index (κ2) is 5.87. The van der Waals surface area contributed by atoms with Gasteiger partial charge in [0.25, 0.3) is 0 Å². The topological polar surface area (TPSA) is 50.4 Å². The van der Waals surface area contributed by atoms with Crippen molar-refractivity contribution in [2.75, 3.05) is 5.43 Å². The average Bonchev–Trinajstić information content (AvgIpc) is 2.42. The molecule has 4 heteroatoms. The summed E-state index contributed by atoms with van der Waals surface area (Å²) < 4.78 is 5.19. The van der Waals surface area contributed by atoms with E-state index in [1.54, 1.807) is 0 Å². The molecule has 0 aromatic heterocycles. The molecule has 0 aliphatic rings. The number of ether oxygens (including phenoxy) is 1. The molecule has 2 N–H and O–H groups in total. The Bertz CT molecular complexity index is 672. The van der Waals surface area contributed by atoms with E-state index in [2.05, 4.69) is 17.4 Å². The normalized spacial score (nSPS) is 11.0. The first-order chi connectivity index (χ1) is 9.90. The third kappa shape index (κ3) is 3.75. The monoisotopic (exact) mass is 284 g/mol. The number of anilines is 1. The lowest BCUT2D eigenvalue weighted by Crippen LogP contribution is -2.35. The molecule has 0 aliphatic carbocycles. The van der Waals surface area contributed by atoms with Gasteiger partial charge in [-0.25, -0.2) is 10.2 Å². The zero-order chi connectivity index (χ0) is 15.5. The molecular formula is C17H20N2O2. The van der Waals surface area contributed by atoms with Gasteiger partial charge in [0.05, 0.1) is 5.69 Å². The lowest BCUT2D eigenvalue weighted by molar-refractivity contribution is 0.0541. The molecule has 2 aromatic carbocycles. The van der Waals surface area contributed by atoms with Gasteiger partial charge < -0.3 is 4.74 Å². The molecule has 0 saturated heterocycles. The summed E-state index contributed by atoms with van der Waals surface area (Å²) >= 11 is 0. The Morgan fingerprint density at radius 1 is 1.14 bits per heavy atom. The fourth-order valence-electron chi connectivity index (χ4n) is 2.03. The number of hydrogen-bond acceptors (Lipinski definition) is 3. The molecule has 1 amide bonds. The largest absolute Gasteiger partial charge is 0.443 e. The van der Waals surface area contributed by atoms with Crippen molar-refractivity contribution in [1.82, 2.24) is 5.43 Å². The number of fused-ring (bicyclic) bond motifs is 1. The van der Waals surface area contributed by atoms with Crippen molar-refractivity contribution in [3.63, 3.8) is 0 Å². The van der Waals surface area contributed by atoms with Crippen molar-refractivity contribution in [3.05, 3.63) is 48.5 Å². The highest BCUT2D eigenvalue weighted by atomic mass is 16.6. The van der Waals surface area contributed by atoms with Gasteiger partial charge in [-0.1, -0.05) is 43.0 Å². The smallest absolute Gasteiger partial charge is 0.426 e. The van der Waals surface area contributed by atoms with Gasteiger partial charge in [-0.2, -0.15) is 0 Å². The number of carbonyl (C=O) groups is 1. The Labute approximate surface area is 124 Å². The molecule has 0 fully saturated rings. The summed E-state index contributed by atoms with van der Waals surface area (Å²) in [6.45, 7) is 9.28. The molecule has 2 aromatic rings. The molecule has 0 heterocycles. The van der Waals surface area contributed by atoms with Crippen LogP contribution in [-0.4, -0.2) is 11.7 Å². The number of rotatable bonds is 3. The molecule has 4 nitrogen and oxygen atoms in total. The van der Waals surface area contributed by atoms with E-state index in [0.29, 0.717) is 0 Å². The first-order valence-electron chi connectivity index (χ1n) is 6.80. The minimum atomic E-state index is -0.527. The van der Waals surface area contributed by atoms with Gasteiger partial charge in [-0.15, -0.1) is 0 Å². The van der Waals surface area contributed by atoms with Gasteiger partial charge in [0.15, 0.2) is 0 Å². The van der Waals surface area contributed by atoms with E-state index in [4.69, 9.17) is 4.74 Å². The molecule has 0 saturated carbocycles. The molecular weight excluding hydrogens is 264 g/mol. The molecule has 21 heavy (non-hydrogen) atoms. The SMILES string of the molecule is C=Cc1ccc(NNC(=O)OC(C)(C)C)c2ccccc12. The van der Waals surface area contributed by atoms with Crippen LogP contribution < -0.4 is 10.9 Å². The molecule has 0 atom stereocenters. The zero-order valence-corrected chi connectivity index (χ0v) is 12.6. The predicted molar refractivity (Wildman–Crippen MR) is 87.0 cm³/mol. The fraction of sp³-hybridized carbons (Fsp3) is 0.235. The first kappa shape index (κ1) is 14.9. The summed E-state index contributed by atoms with van der Waals surface area (Å²) in [5.74, 6) is 0. The van der Waals surface area contributed by atoms with Crippen LogP contribution in [0, 0.1) is 0 Å². The average molecular weight is 284 g/mol. The Kier molecular flexibility index (Phi) is 4.17. The summed E-state index contributed by atoms with van der Waals surface area (Å²) in [5, 5.41) is 2.08. The maximum Gasteiger partial charge on any atom is 0.426 e.